The highest BCUT2D eigenvalue weighted by Crippen LogP contribution is 2.23. The molecule has 0 saturated carbocycles. The molecule has 0 fully saturated rings. The van der Waals surface area contributed by atoms with E-state index in [1.54, 1.807) is 14.2 Å². The van der Waals surface area contributed by atoms with Crippen molar-refractivity contribution in [2.45, 2.75) is 11.3 Å². The average molecular weight is 340 g/mol. The van der Waals surface area contributed by atoms with Crippen LogP contribution in [0.2, 0.25) is 5.02 Å². The molecule has 20 heavy (non-hydrogen) atoms. The maximum Gasteiger partial charge on any atom is 0.261 e. The minimum Gasteiger partial charge on any atom is -0.385 e. The van der Waals surface area contributed by atoms with Crippen LogP contribution in [0, 0.1) is 0 Å². The van der Waals surface area contributed by atoms with Gasteiger partial charge in [0.1, 0.15) is 0 Å². The topological polar surface area (TPSA) is 63.7 Å². The number of hydrogen-bond donors (Lipinski definition) is 0. The number of benzene rings is 1. The normalized spacial score (nSPS) is 11.4. The molecular formula is C12H15Cl2NO4S. The lowest BCUT2D eigenvalue weighted by molar-refractivity contribution is 0.0779. The van der Waals surface area contributed by atoms with Crippen molar-refractivity contribution in [1.82, 2.24) is 4.90 Å². The quantitative estimate of drug-likeness (QED) is 0.589. The second kappa shape index (κ2) is 7.26. The van der Waals surface area contributed by atoms with Gasteiger partial charge in [-0.25, -0.2) is 8.42 Å². The minimum absolute atomic E-state index is 0.105. The summed E-state index contributed by atoms with van der Waals surface area (Å²) < 4.78 is 27.5. The van der Waals surface area contributed by atoms with Crippen molar-refractivity contribution in [1.29, 1.82) is 0 Å². The molecule has 0 aliphatic heterocycles. The molecule has 0 radical (unpaired) electrons. The van der Waals surface area contributed by atoms with E-state index in [2.05, 4.69) is 0 Å². The van der Waals surface area contributed by atoms with Gasteiger partial charge in [-0.3, -0.25) is 4.79 Å². The number of methoxy groups -OCH3 is 1. The van der Waals surface area contributed by atoms with E-state index in [1.807, 2.05) is 0 Å². The Kier molecular flexibility index (Phi) is 6.26. The van der Waals surface area contributed by atoms with Crippen LogP contribution in [-0.2, 0) is 13.8 Å². The van der Waals surface area contributed by atoms with E-state index in [1.165, 1.54) is 23.1 Å². The van der Waals surface area contributed by atoms with Crippen LogP contribution in [0.5, 0.6) is 0 Å². The number of rotatable bonds is 6. The first kappa shape index (κ1) is 17.2. The van der Waals surface area contributed by atoms with Gasteiger partial charge in [0.05, 0.1) is 15.5 Å². The molecule has 1 aromatic carbocycles. The summed E-state index contributed by atoms with van der Waals surface area (Å²) in [6.07, 6.45) is 0.670. The van der Waals surface area contributed by atoms with Gasteiger partial charge in [-0.05, 0) is 24.6 Å². The summed E-state index contributed by atoms with van der Waals surface area (Å²) in [6.45, 7) is 1.00. The summed E-state index contributed by atoms with van der Waals surface area (Å²) in [4.78, 5) is 13.5. The first-order chi connectivity index (χ1) is 9.27. The van der Waals surface area contributed by atoms with Crippen molar-refractivity contribution in [2.75, 3.05) is 27.3 Å². The molecule has 1 aromatic rings. The molecule has 1 amide bonds. The first-order valence-electron chi connectivity index (χ1n) is 5.76. The van der Waals surface area contributed by atoms with Gasteiger partial charge in [-0.1, -0.05) is 11.6 Å². The lowest BCUT2D eigenvalue weighted by Gasteiger charge is -2.18. The Morgan fingerprint density at radius 1 is 1.40 bits per heavy atom. The molecule has 0 atom stereocenters. The standard InChI is InChI=1S/C12H15Cl2NO4S/c1-15(6-3-7-19-2)12(16)10-8-9(20(14,17)18)4-5-11(10)13/h4-5,8H,3,6-7H2,1-2H3. The third-order valence-electron chi connectivity index (χ3n) is 2.64. The van der Waals surface area contributed by atoms with Crippen LogP contribution in [-0.4, -0.2) is 46.5 Å². The summed E-state index contributed by atoms with van der Waals surface area (Å²) >= 11 is 5.94. The van der Waals surface area contributed by atoms with Gasteiger partial charge in [0.2, 0.25) is 0 Å². The van der Waals surface area contributed by atoms with E-state index >= 15 is 0 Å². The fourth-order valence-corrected chi connectivity index (χ4v) is 2.55. The molecule has 0 saturated heterocycles. The Bertz CT molecular complexity index is 589. The van der Waals surface area contributed by atoms with Crippen molar-refractivity contribution in [3.05, 3.63) is 28.8 Å². The molecule has 0 aliphatic carbocycles. The fourth-order valence-electron chi connectivity index (χ4n) is 1.57. The van der Waals surface area contributed by atoms with Crippen molar-refractivity contribution in [2.24, 2.45) is 0 Å². The van der Waals surface area contributed by atoms with Crippen molar-refractivity contribution >= 4 is 37.2 Å². The highest BCUT2D eigenvalue weighted by Gasteiger charge is 2.19. The molecule has 8 heteroatoms. The van der Waals surface area contributed by atoms with Crippen LogP contribution in [0.25, 0.3) is 0 Å². The second-order valence-corrected chi connectivity index (χ2v) is 7.13. The third-order valence-corrected chi connectivity index (χ3v) is 4.32. The Balaban J connectivity index is 2.97. The number of nitrogens with zero attached hydrogens (tertiary/aromatic N) is 1. The highest BCUT2D eigenvalue weighted by molar-refractivity contribution is 8.13. The number of hydrogen-bond acceptors (Lipinski definition) is 4. The number of ether oxygens (including phenoxy) is 1. The number of amides is 1. The van der Waals surface area contributed by atoms with Gasteiger partial charge >= 0.3 is 0 Å². The Morgan fingerprint density at radius 2 is 2.05 bits per heavy atom. The number of halogens is 2. The number of carbonyl (C=O) groups is 1. The minimum atomic E-state index is -3.90. The monoisotopic (exact) mass is 339 g/mol. The van der Waals surface area contributed by atoms with E-state index in [9.17, 15) is 13.2 Å². The van der Waals surface area contributed by atoms with Crippen LogP contribution in [0.15, 0.2) is 23.1 Å². The molecule has 0 bridgehead atoms. The summed E-state index contributed by atoms with van der Waals surface area (Å²) in [5, 5.41) is 0.178. The molecule has 0 N–H and O–H groups in total. The average Bonchev–Trinajstić information content (AvgIpc) is 2.37. The lowest BCUT2D eigenvalue weighted by Crippen LogP contribution is -2.28. The molecule has 0 aliphatic rings. The van der Waals surface area contributed by atoms with Gasteiger partial charge in [0.25, 0.3) is 15.0 Å². The van der Waals surface area contributed by atoms with Crippen molar-refractivity contribution in [3.63, 3.8) is 0 Å². The van der Waals surface area contributed by atoms with Gasteiger partial charge in [-0.15, -0.1) is 0 Å². The molecule has 112 valence electrons. The molecular weight excluding hydrogens is 325 g/mol. The molecule has 5 nitrogen and oxygen atoms in total. The third kappa shape index (κ3) is 4.63. The summed E-state index contributed by atoms with van der Waals surface area (Å²) in [5.74, 6) is -0.367. The van der Waals surface area contributed by atoms with E-state index in [4.69, 9.17) is 27.0 Å². The molecule has 0 aromatic heterocycles. The smallest absolute Gasteiger partial charge is 0.261 e. The summed E-state index contributed by atoms with van der Waals surface area (Å²) in [5.41, 5.74) is 0.105. The largest absolute Gasteiger partial charge is 0.385 e. The van der Waals surface area contributed by atoms with Crippen molar-refractivity contribution < 1.29 is 17.9 Å². The van der Waals surface area contributed by atoms with Crippen LogP contribution < -0.4 is 0 Å². The van der Waals surface area contributed by atoms with Gasteiger partial charge in [-0.2, -0.15) is 0 Å². The SMILES string of the molecule is COCCCN(C)C(=O)c1cc(S(=O)(=O)Cl)ccc1Cl. The lowest BCUT2D eigenvalue weighted by atomic mass is 10.2. The van der Waals surface area contributed by atoms with Crippen LogP contribution in [0.3, 0.4) is 0 Å². The highest BCUT2D eigenvalue weighted by atomic mass is 35.7. The molecule has 1 rings (SSSR count). The van der Waals surface area contributed by atoms with Crippen LogP contribution >= 0.6 is 22.3 Å². The van der Waals surface area contributed by atoms with E-state index in [0.29, 0.717) is 19.6 Å². The van der Waals surface area contributed by atoms with Gasteiger partial charge in [0.15, 0.2) is 0 Å². The Labute approximate surface area is 127 Å². The second-order valence-electron chi connectivity index (χ2n) is 4.15. The van der Waals surface area contributed by atoms with Gasteiger partial charge < -0.3 is 9.64 Å². The van der Waals surface area contributed by atoms with E-state index in [-0.39, 0.29) is 21.4 Å². The molecule has 0 unspecified atom stereocenters. The zero-order chi connectivity index (χ0) is 15.3. The predicted octanol–water partition coefficient (Wildman–Crippen LogP) is 2.38. The fraction of sp³-hybridized carbons (Fsp3) is 0.417. The number of carbonyl (C=O) groups excluding carboxylic acids is 1. The van der Waals surface area contributed by atoms with Crippen molar-refractivity contribution in [3.8, 4) is 0 Å². The Hall–Kier alpha value is -0.820. The van der Waals surface area contributed by atoms with E-state index < -0.39 is 9.05 Å². The van der Waals surface area contributed by atoms with Crippen LogP contribution in [0.4, 0.5) is 0 Å². The van der Waals surface area contributed by atoms with Crippen LogP contribution in [0.1, 0.15) is 16.8 Å². The zero-order valence-corrected chi connectivity index (χ0v) is 13.4. The summed E-state index contributed by atoms with van der Waals surface area (Å²) in [6, 6.07) is 3.78. The maximum absolute atomic E-state index is 12.2. The first-order valence-corrected chi connectivity index (χ1v) is 8.44. The molecule has 0 spiro atoms. The van der Waals surface area contributed by atoms with Gasteiger partial charge in [0, 0.05) is 38.0 Å². The molecule has 0 heterocycles. The maximum atomic E-state index is 12.2. The predicted molar refractivity (Wildman–Crippen MR) is 77.9 cm³/mol. The zero-order valence-electron chi connectivity index (χ0n) is 11.1. The van der Waals surface area contributed by atoms with E-state index in [0.717, 1.165) is 0 Å². The Morgan fingerprint density at radius 3 is 2.60 bits per heavy atom. The summed E-state index contributed by atoms with van der Waals surface area (Å²) in [7, 11) is 4.54.